The summed E-state index contributed by atoms with van der Waals surface area (Å²) in [6.45, 7) is 26.6. The van der Waals surface area contributed by atoms with Crippen LogP contribution < -0.4 is 5.32 Å². The number of hydrogen-bond donors (Lipinski definition) is 1. The van der Waals surface area contributed by atoms with E-state index in [-0.39, 0.29) is 27.6 Å². The second-order valence-electron chi connectivity index (χ2n) is 13.5. The van der Waals surface area contributed by atoms with Crippen LogP contribution in [0.1, 0.15) is 111 Å². The minimum atomic E-state index is -0.112. The molecule has 1 amide bonds. The van der Waals surface area contributed by atoms with Crippen LogP contribution in [0, 0.1) is 0 Å². The molecule has 0 spiro atoms. The van der Waals surface area contributed by atoms with E-state index in [0.717, 1.165) is 11.3 Å². The first-order chi connectivity index (χ1) is 14.8. The molecule has 2 heteroatoms. The Hall–Kier alpha value is -2.35. The van der Waals surface area contributed by atoms with E-state index >= 15 is 0 Å². The molecule has 180 valence electrons. The summed E-state index contributed by atoms with van der Waals surface area (Å²) >= 11 is 0. The molecule has 1 N–H and O–H groups in total. The van der Waals surface area contributed by atoms with Gasteiger partial charge >= 0.3 is 0 Å². The van der Waals surface area contributed by atoms with Gasteiger partial charge < -0.3 is 5.32 Å². The molecular formula is C31H45NO. The Morgan fingerprint density at radius 1 is 0.576 bits per heavy atom. The summed E-state index contributed by atoms with van der Waals surface area (Å²) in [6, 6.07) is 13.1. The second-order valence-corrected chi connectivity index (χ2v) is 13.5. The van der Waals surface area contributed by atoms with Crippen molar-refractivity contribution in [1.29, 1.82) is 0 Å². The first-order valence-electron chi connectivity index (χ1n) is 12.1. The van der Waals surface area contributed by atoms with E-state index in [1.165, 1.54) is 22.3 Å². The SMILES string of the molecule is CC(C)(C)c1cc(/C=C/C(=O)Nc2cc(C(C)(C)C)cc(C(C)(C)C)c2)cc(C(C)(C)C)c1. The van der Waals surface area contributed by atoms with E-state index in [1.54, 1.807) is 6.08 Å². The third-order valence-electron chi connectivity index (χ3n) is 6.05. The first-order valence-corrected chi connectivity index (χ1v) is 12.1. The number of carbonyl (C=O) groups excluding carboxylic acids is 1. The van der Waals surface area contributed by atoms with Crippen LogP contribution in [0.15, 0.2) is 42.5 Å². The molecule has 0 heterocycles. The van der Waals surface area contributed by atoms with Crippen molar-refractivity contribution in [3.05, 3.63) is 70.3 Å². The number of rotatable bonds is 3. The van der Waals surface area contributed by atoms with E-state index in [4.69, 9.17) is 0 Å². The number of hydrogen-bond acceptors (Lipinski definition) is 1. The van der Waals surface area contributed by atoms with Gasteiger partial charge in [-0.1, -0.05) is 107 Å². The molecule has 0 atom stereocenters. The van der Waals surface area contributed by atoms with Crippen LogP contribution in [0.3, 0.4) is 0 Å². The molecule has 0 aliphatic carbocycles. The predicted octanol–water partition coefficient (Wildman–Crippen LogP) is 8.53. The van der Waals surface area contributed by atoms with Crippen LogP contribution in [0.4, 0.5) is 5.69 Å². The normalized spacial score (nSPS) is 13.5. The first kappa shape index (κ1) is 26.9. The van der Waals surface area contributed by atoms with Gasteiger partial charge in [0.25, 0.3) is 0 Å². The third kappa shape index (κ3) is 7.59. The maximum atomic E-state index is 12.9. The maximum Gasteiger partial charge on any atom is 0.248 e. The van der Waals surface area contributed by atoms with E-state index in [9.17, 15) is 4.79 Å². The molecule has 2 aromatic rings. The van der Waals surface area contributed by atoms with Gasteiger partial charge in [-0.3, -0.25) is 4.79 Å². The van der Waals surface area contributed by atoms with E-state index in [1.807, 2.05) is 6.08 Å². The van der Waals surface area contributed by atoms with Gasteiger partial charge in [-0.15, -0.1) is 0 Å². The molecule has 0 saturated heterocycles. The average molecular weight is 448 g/mol. The molecule has 0 bridgehead atoms. The molecule has 0 radical (unpaired) electrons. The van der Waals surface area contributed by atoms with Gasteiger partial charge in [0, 0.05) is 11.8 Å². The van der Waals surface area contributed by atoms with Gasteiger partial charge in [-0.25, -0.2) is 0 Å². The number of anilines is 1. The van der Waals surface area contributed by atoms with Crippen molar-refractivity contribution in [1.82, 2.24) is 0 Å². The van der Waals surface area contributed by atoms with Gasteiger partial charge in [0.2, 0.25) is 5.91 Å². The van der Waals surface area contributed by atoms with Gasteiger partial charge in [-0.05, 0) is 67.7 Å². The average Bonchev–Trinajstić information content (AvgIpc) is 2.63. The fourth-order valence-corrected chi connectivity index (χ4v) is 3.54. The largest absolute Gasteiger partial charge is 0.322 e. The van der Waals surface area contributed by atoms with Crippen molar-refractivity contribution in [2.45, 2.75) is 105 Å². The Morgan fingerprint density at radius 3 is 1.24 bits per heavy atom. The lowest BCUT2D eigenvalue weighted by atomic mass is 9.79. The fraction of sp³-hybridized carbons (Fsp3) is 0.516. The summed E-state index contributed by atoms with van der Waals surface area (Å²) in [5, 5.41) is 3.10. The van der Waals surface area contributed by atoms with Gasteiger partial charge in [0.1, 0.15) is 0 Å². The van der Waals surface area contributed by atoms with E-state index in [2.05, 4.69) is 125 Å². The smallest absolute Gasteiger partial charge is 0.248 e. The van der Waals surface area contributed by atoms with E-state index < -0.39 is 0 Å². The lowest BCUT2D eigenvalue weighted by Gasteiger charge is -2.26. The summed E-state index contributed by atoms with van der Waals surface area (Å²) in [5.41, 5.74) is 7.02. The zero-order valence-electron chi connectivity index (χ0n) is 23.0. The number of benzene rings is 2. The van der Waals surface area contributed by atoms with Crippen molar-refractivity contribution in [2.75, 3.05) is 5.32 Å². The lowest BCUT2D eigenvalue weighted by molar-refractivity contribution is -0.111. The Morgan fingerprint density at radius 2 is 0.909 bits per heavy atom. The fourth-order valence-electron chi connectivity index (χ4n) is 3.54. The van der Waals surface area contributed by atoms with Crippen molar-refractivity contribution in [3.63, 3.8) is 0 Å². The molecular weight excluding hydrogens is 402 g/mol. The highest BCUT2D eigenvalue weighted by atomic mass is 16.1. The van der Waals surface area contributed by atoms with Crippen LogP contribution in [-0.2, 0) is 26.5 Å². The minimum absolute atomic E-state index is 0.00727. The molecule has 0 saturated carbocycles. The van der Waals surface area contributed by atoms with Crippen molar-refractivity contribution < 1.29 is 4.79 Å². The summed E-state index contributed by atoms with van der Waals surface area (Å²) in [6.07, 6.45) is 3.58. The number of carbonyl (C=O) groups is 1. The van der Waals surface area contributed by atoms with Gasteiger partial charge in [-0.2, -0.15) is 0 Å². The second kappa shape index (κ2) is 9.12. The highest BCUT2D eigenvalue weighted by Gasteiger charge is 2.22. The molecule has 0 unspecified atom stereocenters. The van der Waals surface area contributed by atoms with Crippen LogP contribution in [0.5, 0.6) is 0 Å². The predicted molar refractivity (Wildman–Crippen MR) is 145 cm³/mol. The van der Waals surface area contributed by atoms with E-state index in [0.29, 0.717) is 0 Å². The van der Waals surface area contributed by atoms with Crippen LogP contribution in [-0.4, -0.2) is 5.91 Å². The standard InChI is InChI=1S/C31H45NO/c1-28(2,3)22-15-21(16-23(17-22)29(4,5)6)13-14-27(33)32-26-19-24(30(7,8)9)18-25(20-26)31(10,11)12/h13-20H,1-12H3,(H,32,33)/b14-13+. The molecule has 2 nitrogen and oxygen atoms in total. The summed E-state index contributed by atoms with van der Waals surface area (Å²) < 4.78 is 0. The number of amides is 1. The summed E-state index contributed by atoms with van der Waals surface area (Å²) in [5.74, 6) is -0.112. The van der Waals surface area contributed by atoms with Crippen molar-refractivity contribution >= 4 is 17.7 Å². The Kier molecular flexibility index (Phi) is 7.44. The molecule has 2 aromatic carbocycles. The van der Waals surface area contributed by atoms with Crippen LogP contribution >= 0.6 is 0 Å². The molecule has 0 aliphatic heterocycles. The lowest BCUT2D eigenvalue weighted by Crippen LogP contribution is -2.18. The van der Waals surface area contributed by atoms with Gasteiger partial charge in [0.05, 0.1) is 0 Å². The maximum absolute atomic E-state index is 12.9. The summed E-state index contributed by atoms with van der Waals surface area (Å²) in [7, 11) is 0. The van der Waals surface area contributed by atoms with Crippen LogP contribution in [0.2, 0.25) is 0 Å². The summed E-state index contributed by atoms with van der Waals surface area (Å²) in [4.78, 5) is 12.9. The highest BCUT2D eigenvalue weighted by molar-refractivity contribution is 6.02. The monoisotopic (exact) mass is 447 g/mol. The molecule has 2 rings (SSSR count). The van der Waals surface area contributed by atoms with Crippen molar-refractivity contribution in [3.8, 4) is 0 Å². The topological polar surface area (TPSA) is 29.1 Å². The third-order valence-corrected chi connectivity index (χ3v) is 6.05. The van der Waals surface area contributed by atoms with Crippen molar-refractivity contribution in [2.24, 2.45) is 0 Å². The highest BCUT2D eigenvalue weighted by Crippen LogP contribution is 2.33. The van der Waals surface area contributed by atoms with Gasteiger partial charge in [0.15, 0.2) is 0 Å². The Labute approximate surface area is 202 Å². The molecule has 0 aliphatic rings. The zero-order valence-corrected chi connectivity index (χ0v) is 23.0. The Balaban J connectivity index is 2.37. The zero-order chi connectivity index (χ0) is 25.4. The minimum Gasteiger partial charge on any atom is -0.322 e. The number of nitrogens with one attached hydrogen (secondary N) is 1. The Bertz CT molecular complexity index is 964. The quantitative estimate of drug-likeness (QED) is 0.469. The molecule has 0 aromatic heterocycles. The van der Waals surface area contributed by atoms with Crippen LogP contribution in [0.25, 0.3) is 6.08 Å². The molecule has 0 fully saturated rings. The molecule has 33 heavy (non-hydrogen) atoms.